The first-order chi connectivity index (χ1) is 22.6. The zero-order chi connectivity index (χ0) is 32.7. The van der Waals surface area contributed by atoms with Gasteiger partial charge in [0.25, 0.3) is 0 Å². The lowest BCUT2D eigenvalue weighted by Crippen LogP contribution is -2.08. The summed E-state index contributed by atoms with van der Waals surface area (Å²) in [5.41, 5.74) is 3.88. The molecule has 3 aromatic rings. The van der Waals surface area contributed by atoms with E-state index in [-0.39, 0.29) is 12.1 Å². The van der Waals surface area contributed by atoms with Crippen LogP contribution in [0, 0.1) is 0 Å². The quantitative estimate of drug-likeness (QED) is 0.0532. The first kappa shape index (κ1) is 37.3. The Bertz CT molecular complexity index is 1180. The Morgan fingerprint density at radius 2 is 0.957 bits per heavy atom. The van der Waals surface area contributed by atoms with E-state index in [9.17, 15) is 4.79 Å². The average Bonchev–Trinajstić information content (AvgIpc) is 3.09. The minimum atomic E-state index is -0.371. The first-order valence-electron chi connectivity index (χ1n) is 18.4. The number of hydrogen-bond acceptors (Lipinski definition) is 4. The average molecular weight is 629 g/mol. The molecule has 4 nitrogen and oxygen atoms in total. The molecule has 0 saturated carbocycles. The molecule has 0 N–H and O–H groups in total. The molecule has 0 aliphatic rings. The van der Waals surface area contributed by atoms with Gasteiger partial charge in [0.15, 0.2) is 0 Å². The molecule has 0 aromatic heterocycles. The summed E-state index contributed by atoms with van der Waals surface area (Å²) >= 11 is 0. The first-order valence-corrected chi connectivity index (χ1v) is 18.4. The maximum atomic E-state index is 12.7. The van der Waals surface area contributed by atoms with Gasteiger partial charge in [-0.05, 0) is 72.9 Å². The summed E-state index contributed by atoms with van der Waals surface area (Å²) in [5.74, 6) is 0.945. The second-order valence-corrected chi connectivity index (χ2v) is 12.7. The van der Waals surface area contributed by atoms with Crippen molar-refractivity contribution in [3.63, 3.8) is 0 Å². The number of esters is 1. The van der Waals surface area contributed by atoms with Crippen LogP contribution in [0.2, 0.25) is 0 Å². The summed E-state index contributed by atoms with van der Waals surface area (Å²) in [6, 6.07) is 23.4. The molecule has 0 radical (unpaired) electrons. The second-order valence-electron chi connectivity index (χ2n) is 12.7. The molecule has 0 heterocycles. The topological polar surface area (TPSA) is 44.8 Å². The van der Waals surface area contributed by atoms with Crippen LogP contribution in [0.25, 0.3) is 11.1 Å². The minimum absolute atomic E-state index is 0.0853. The highest BCUT2D eigenvalue weighted by atomic mass is 16.5. The van der Waals surface area contributed by atoms with Gasteiger partial charge in [0, 0.05) is 6.61 Å². The zero-order valence-corrected chi connectivity index (χ0v) is 29.1. The summed E-state index contributed by atoms with van der Waals surface area (Å²) in [6.45, 7) is 8.13. The van der Waals surface area contributed by atoms with E-state index < -0.39 is 0 Å². The summed E-state index contributed by atoms with van der Waals surface area (Å²) in [6.07, 6.45) is 22.4. The Kier molecular flexibility index (Phi) is 18.9. The van der Waals surface area contributed by atoms with E-state index >= 15 is 0 Å². The summed E-state index contributed by atoms with van der Waals surface area (Å²) in [7, 11) is 0. The molecule has 46 heavy (non-hydrogen) atoms. The van der Waals surface area contributed by atoms with E-state index in [2.05, 4.69) is 45.0 Å². The number of carbonyl (C=O) groups is 1. The molecule has 0 aliphatic carbocycles. The van der Waals surface area contributed by atoms with Gasteiger partial charge in [-0.2, -0.15) is 0 Å². The fourth-order valence-electron chi connectivity index (χ4n) is 5.71. The third-order valence-corrected chi connectivity index (χ3v) is 8.75. The van der Waals surface area contributed by atoms with Crippen molar-refractivity contribution in [2.75, 3.05) is 13.2 Å². The van der Waals surface area contributed by atoms with Crippen molar-refractivity contribution < 1.29 is 19.0 Å². The van der Waals surface area contributed by atoms with Gasteiger partial charge in [0.1, 0.15) is 11.5 Å². The smallest absolute Gasteiger partial charge is 0.343 e. The summed E-state index contributed by atoms with van der Waals surface area (Å²) < 4.78 is 17.6. The highest BCUT2D eigenvalue weighted by Crippen LogP contribution is 2.26. The van der Waals surface area contributed by atoms with Crippen LogP contribution in [-0.4, -0.2) is 19.2 Å². The highest BCUT2D eigenvalue weighted by Gasteiger charge is 2.10. The molecule has 0 bridgehead atoms. The molecule has 4 heteroatoms. The van der Waals surface area contributed by atoms with Crippen molar-refractivity contribution in [2.24, 2.45) is 0 Å². The monoisotopic (exact) mass is 628 g/mol. The van der Waals surface area contributed by atoms with Crippen molar-refractivity contribution in [1.29, 1.82) is 0 Å². The van der Waals surface area contributed by atoms with Crippen LogP contribution in [0.3, 0.4) is 0 Å². The van der Waals surface area contributed by atoms with E-state index in [0.717, 1.165) is 36.3 Å². The minimum Gasteiger partial charge on any atom is -0.494 e. The lowest BCUT2D eigenvalue weighted by molar-refractivity contribution is 0.0628. The van der Waals surface area contributed by atoms with Crippen LogP contribution >= 0.6 is 0 Å². The van der Waals surface area contributed by atoms with Gasteiger partial charge in [-0.25, -0.2) is 4.79 Å². The Morgan fingerprint density at radius 1 is 0.522 bits per heavy atom. The van der Waals surface area contributed by atoms with Crippen molar-refractivity contribution in [3.05, 3.63) is 83.9 Å². The fraction of sp³-hybridized carbons (Fsp3) is 0.548. The van der Waals surface area contributed by atoms with Gasteiger partial charge in [-0.15, -0.1) is 0 Å². The molecule has 0 saturated heterocycles. The molecule has 252 valence electrons. The van der Waals surface area contributed by atoms with E-state index in [1.807, 2.05) is 36.4 Å². The van der Waals surface area contributed by atoms with Crippen LogP contribution in [-0.2, 0) is 4.74 Å². The van der Waals surface area contributed by atoms with Crippen LogP contribution in [0.5, 0.6) is 11.5 Å². The molecule has 3 aromatic carbocycles. The van der Waals surface area contributed by atoms with Gasteiger partial charge in [0.05, 0.1) is 18.3 Å². The summed E-state index contributed by atoms with van der Waals surface area (Å²) in [4.78, 5) is 12.7. The largest absolute Gasteiger partial charge is 0.494 e. The lowest BCUT2D eigenvalue weighted by Gasteiger charge is -2.14. The molecule has 1 unspecified atom stereocenters. The van der Waals surface area contributed by atoms with Crippen molar-refractivity contribution in [3.8, 4) is 22.6 Å². The van der Waals surface area contributed by atoms with E-state index in [1.54, 1.807) is 12.1 Å². The summed E-state index contributed by atoms with van der Waals surface area (Å²) in [5, 5.41) is 0. The molecular formula is C42H60O4. The van der Waals surface area contributed by atoms with Gasteiger partial charge in [-0.3, -0.25) is 0 Å². The predicted molar refractivity (Wildman–Crippen MR) is 193 cm³/mol. The third kappa shape index (κ3) is 15.0. The molecule has 0 fully saturated rings. The van der Waals surface area contributed by atoms with Gasteiger partial charge < -0.3 is 14.2 Å². The molecule has 0 aliphatic heterocycles. The Morgan fingerprint density at radius 3 is 1.50 bits per heavy atom. The fourth-order valence-corrected chi connectivity index (χ4v) is 5.71. The Balaban J connectivity index is 1.29. The van der Waals surface area contributed by atoms with Crippen molar-refractivity contribution in [2.45, 2.75) is 136 Å². The van der Waals surface area contributed by atoms with Crippen molar-refractivity contribution >= 4 is 5.97 Å². The van der Waals surface area contributed by atoms with Gasteiger partial charge >= 0.3 is 5.97 Å². The van der Waals surface area contributed by atoms with Crippen LogP contribution in [0.4, 0.5) is 0 Å². The van der Waals surface area contributed by atoms with Crippen LogP contribution < -0.4 is 9.47 Å². The van der Waals surface area contributed by atoms with Crippen LogP contribution in [0.1, 0.15) is 152 Å². The predicted octanol–water partition coefficient (Wildman–Crippen LogP) is 12.7. The molecule has 0 spiro atoms. The normalized spacial score (nSPS) is 11.8. The van der Waals surface area contributed by atoms with Crippen LogP contribution in [0.15, 0.2) is 72.8 Å². The molecule has 3 rings (SSSR count). The number of unbranched alkanes of at least 4 members (excludes halogenated alkanes) is 15. The Hall–Kier alpha value is -3.11. The molecule has 1 atom stereocenters. The molecular weight excluding hydrogens is 568 g/mol. The second kappa shape index (κ2) is 23.2. The van der Waals surface area contributed by atoms with E-state index in [1.165, 1.54) is 102 Å². The maximum Gasteiger partial charge on any atom is 0.343 e. The Labute approximate surface area is 280 Å². The van der Waals surface area contributed by atoms with E-state index in [4.69, 9.17) is 14.2 Å². The SMILES string of the molecule is CCCCCCCCCCCCCCCOc1ccc(C(=O)Oc2ccc(-c3ccc(C(C)OCCCCCC)cc3)cc2)cc1. The lowest BCUT2D eigenvalue weighted by atomic mass is 10.0. The maximum absolute atomic E-state index is 12.7. The zero-order valence-electron chi connectivity index (χ0n) is 29.1. The van der Waals surface area contributed by atoms with E-state index in [0.29, 0.717) is 17.9 Å². The number of ether oxygens (including phenoxy) is 3. The third-order valence-electron chi connectivity index (χ3n) is 8.75. The van der Waals surface area contributed by atoms with Gasteiger partial charge in [-0.1, -0.05) is 147 Å². The molecule has 0 amide bonds. The van der Waals surface area contributed by atoms with Gasteiger partial charge in [0.2, 0.25) is 0 Å². The van der Waals surface area contributed by atoms with Crippen molar-refractivity contribution in [1.82, 2.24) is 0 Å². The number of hydrogen-bond donors (Lipinski definition) is 0. The number of rotatable bonds is 25. The standard InChI is InChI=1S/C42H60O4/c1-4-6-8-10-11-12-13-14-15-16-17-18-20-34-45-40-29-27-39(28-30-40)42(43)46-41-31-25-38(26-32-41)37-23-21-36(22-24-37)35(3)44-33-19-9-7-5-2/h21-32,35H,4-20,33-34H2,1-3H3. The number of benzene rings is 3. The number of carbonyl (C=O) groups excluding carboxylic acids is 1. The highest BCUT2D eigenvalue weighted by molar-refractivity contribution is 5.91.